The van der Waals surface area contributed by atoms with Crippen LogP contribution in [0.5, 0.6) is 0 Å². The van der Waals surface area contributed by atoms with Crippen molar-refractivity contribution >= 4 is 33.3 Å². The highest BCUT2D eigenvalue weighted by Crippen LogP contribution is 2.42. The fraction of sp³-hybridized carbons (Fsp3) is 0.500. The van der Waals surface area contributed by atoms with Gasteiger partial charge in [-0.25, -0.2) is 17.6 Å². The average molecular weight is 523 g/mol. The van der Waals surface area contributed by atoms with Crippen LogP contribution in [0.25, 0.3) is 11.1 Å². The van der Waals surface area contributed by atoms with Crippen LogP contribution in [0.2, 0.25) is 5.02 Å². The Morgan fingerprint density at radius 1 is 1.17 bits per heavy atom. The Bertz CT molecular complexity index is 1230. The molecule has 1 aliphatic heterocycles. The fourth-order valence-electron chi connectivity index (χ4n) is 5.43. The van der Waals surface area contributed by atoms with Crippen LogP contribution < -0.4 is 4.90 Å². The number of sulfonamides is 1. The lowest BCUT2D eigenvalue weighted by molar-refractivity contribution is 0.0692. The van der Waals surface area contributed by atoms with Gasteiger partial charge in [0.1, 0.15) is 10.7 Å². The van der Waals surface area contributed by atoms with Crippen molar-refractivity contribution in [3.8, 4) is 11.1 Å². The van der Waals surface area contributed by atoms with Gasteiger partial charge in [0, 0.05) is 31.7 Å². The second kappa shape index (κ2) is 10.1. The maximum absolute atomic E-state index is 14.0. The van der Waals surface area contributed by atoms with Crippen LogP contribution in [-0.2, 0) is 10.0 Å². The fourth-order valence-corrected chi connectivity index (χ4v) is 7.32. The summed E-state index contributed by atoms with van der Waals surface area (Å²) in [5, 5.41) is 9.63. The van der Waals surface area contributed by atoms with Gasteiger partial charge in [-0.2, -0.15) is 4.31 Å². The molecule has 2 aromatic rings. The van der Waals surface area contributed by atoms with E-state index in [1.165, 1.54) is 28.9 Å². The van der Waals surface area contributed by atoms with E-state index in [9.17, 15) is 22.7 Å². The molecular weight excluding hydrogens is 491 g/mol. The van der Waals surface area contributed by atoms with Crippen LogP contribution >= 0.6 is 11.6 Å². The van der Waals surface area contributed by atoms with Gasteiger partial charge in [0.2, 0.25) is 10.0 Å². The smallest absolute Gasteiger partial charge is 0.338 e. The van der Waals surface area contributed by atoms with E-state index in [0.29, 0.717) is 35.8 Å². The third-order valence-corrected chi connectivity index (χ3v) is 9.43. The minimum Gasteiger partial charge on any atom is -0.478 e. The molecular formula is C26H32ClFN2O4S. The molecule has 2 aliphatic rings. The molecule has 0 spiro atoms. The molecule has 2 aromatic carbocycles. The lowest BCUT2D eigenvalue weighted by Crippen LogP contribution is -2.47. The molecule has 1 atom stereocenters. The zero-order valence-corrected chi connectivity index (χ0v) is 21.9. The minimum absolute atomic E-state index is 0.138. The number of anilines is 1. The number of carboxylic acids is 1. The number of hydrogen-bond donors (Lipinski definition) is 1. The van der Waals surface area contributed by atoms with Crippen LogP contribution in [0.3, 0.4) is 0 Å². The van der Waals surface area contributed by atoms with E-state index >= 15 is 0 Å². The molecule has 1 fully saturated rings. The van der Waals surface area contributed by atoms with Crippen LogP contribution in [0.15, 0.2) is 35.2 Å². The van der Waals surface area contributed by atoms with Gasteiger partial charge >= 0.3 is 5.97 Å². The molecule has 1 N–H and O–H groups in total. The second-order valence-electron chi connectivity index (χ2n) is 10.1. The number of fused-ring (bicyclic) bond motifs is 1. The van der Waals surface area contributed by atoms with Crippen molar-refractivity contribution < 1.29 is 22.7 Å². The summed E-state index contributed by atoms with van der Waals surface area (Å²) in [6.45, 7) is 5.45. The van der Waals surface area contributed by atoms with E-state index in [4.69, 9.17) is 11.6 Å². The highest BCUT2D eigenvalue weighted by molar-refractivity contribution is 7.89. The van der Waals surface area contributed by atoms with Crippen molar-refractivity contribution in [2.24, 2.45) is 11.8 Å². The van der Waals surface area contributed by atoms with E-state index in [1.807, 2.05) is 0 Å². The summed E-state index contributed by atoms with van der Waals surface area (Å²) in [4.78, 5) is 13.7. The first kappa shape index (κ1) is 25.9. The van der Waals surface area contributed by atoms with Crippen LogP contribution in [-0.4, -0.2) is 50.0 Å². The van der Waals surface area contributed by atoms with Gasteiger partial charge in [-0.15, -0.1) is 0 Å². The average Bonchev–Trinajstić information content (AvgIpc) is 2.88. The number of carboxylic acid groups (broad SMARTS) is 1. The lowest BCUT2D eigenvalue weighted by Gasteiger charge is -2.37. The quantitative estimate of drug-likeness (QED) is 0.529. The van der Waals surface area contributed by atoms with Crippen LogP contribution in [0.4, 0.5) is 10.1 Å². The summed E-state index contributed by atoms with van der Waals surface area (Å²) in [6.07, 6.45) is 5.42. The Kier molecular flexibility index (Phi) is 7.46. The van der Waals surface area contributed by atoms with E-state index in [0.717, 1.165) is 31.7 Å². The van der Waals surface area contributed by atoms with E-state index in [1.54, 1.807) is 13.1 Å². The maximum atomic E-state index is 14.0. The number of aromatic carboxylic acids is 1. The van der Waals surface area contributed by atoms with Gasteiger partial charge in [0.05, 0.1) is 16.3 Å². The van der Waals surface area contributed by atoms with Gasteiger partial charge in [0.25, 0.3) is 0 Å². The van der Waals surface area contributed by atoms with E-state index in [2.05, 4.69) is 18.7 Å². The number of carbonyl (C=O) groups is 1. The summed E-state index contributed by atoms with van der Waals surface area (Å²) in [7, 11) is -2.20. The van der Waals surface area contributed by atoms with Crippen molar-refractivity contribution in [1.29, 1.82) is 0 Å². The molecule has 9 heteroatoms. The first-order chi connectivity index (χ1) is 16.5. The number of benzene rings is 2. The number of hydrogen-bond acceptors (Lipinski definition) is 4. The first-order valence-electron chi connectivity index (χ1n) is 12.1. The molecule has 1 heterocycles. The molecule has 1 aliphatic carbocycles. The highest BCUT2D eigenvalue weighted by Gasteiger charge is 2.40. The maximum Gasteiger partial charge on any atom is 0.338 e. The van der Waals surface area contributed by atoms with Crippen molar-refractivity contribution in [2.45, 2.75) is 56.9 Å². The zero-order valence-electron chi connectivity index (χ0n) is 20.3. The Balaban J connectivity index is 1.88. The Morgan fingerprint density at radius 2 is 1.86 bits per heavy atom. The number of likely N-dealkylation sites (N-methyl/N-ethyl adjacent to an activating group) is 1. The van der Waals surface area contributed by atoms with Crippen molar-refractivity contribution in [3.63, 3.8) is 0 Å². The van der Waals surface area contributed by atoms with E-state index in [-0.39, 0.29) is 21.9 Å². The SMILES string of the molecule is CC(C)CN1C[C@@H](C2CCCCC2)N(C)S(=O)(=O)c2cc(-c3ccc(F)c(C(=O)O)c3)c(Cl)cc21. The molecule has 6 nitrogen and oxygen atoms in total. The van der Waals surface area contributed by atoms with Gasteiger partial charge in [-0.1, -0.05) is 50.8 Å². The van der Waals surface area contributed by atoms with E-state index < -0.39 is 27.4 Å². The molecule has 35 heavy (non-hydrogen) atoms. The number of rotatable bonds is 5. The molecule has 0 radical (unpaired) electrons. The van der Waals surface area contributed by atoms with Crippen LogP contribution in [0, 0.1) is 17.7 Å². The zero-order chi connectivity index (χ0) is 25.5. The van der Waals surface area contributed by atoms with Crippen molar-refractivity contribution in [2.75, 3.05) is 25.0 Å². The minimum atomic E-state index is -3.86. The normalized spacial score (nSPS) is 21.1. The predicted molar refractivity (Wildman–Crippen MR) is 136 cm³/mol. The Morgan fingerprint density at radius 3 is 2.49 bits per heavy atom. The molecule has 0 unspecified atom stereocenters. The Hall–Kier alpha value is -2.16. The van der Waals surface area contributed by atoms with Gasteiger partial charge in [-0.3, -0.25) is 0 Å². The summed E-state index contributed by atoms with van der Waals surface area (Å²) < 4.78 is 43.4. The molecule has 0 bridgehead atoms. The molecule has 190 valence electrons. The number of nitrogens with zero attached hydrogens (tertiary/aromatic N) is 2. The highest BCUT2D eigenvalue weighted by atomic mass is 35.5. The lowest BCUT2D eigenvalue weighted by atomic mass is 9.83. The summed E-state index contributed by atoms with van der Waals surface area (Å²) >= 11 is 6.66. The summed E-state index contributed by atoms with van der Waals surface area (Å²) in [5.74, 6) is -1.67. The standard InChI is InChI=1S/C26H32ClFN2O4S/c1-16(2)14-30-15-24(17-7-5-4-6-8-17)29(3)35(33,34)25-12-19(21(27)13-23(25)30)18-9-10-22(28)20(11-18)26(31)32/h9-13,16-17,24H,4-8,14-15H2,1-3H3,(H,31,32)/t24-/m0/s1. The molecule has 0 saturated heterocycles. The Labute approximate surface area is 211 Å². The third kappa shape index (κ3) is 5.06. The largest absolute Gasteiger partial charge is 0.478 e. The molecule has 1 saturated carbocycles. The second-order valence-corrected chi connectivity index (χ2v) is 12.5. The van der Waals surface area contributed by atoms with Gasteiger partial charge in [-0.05, 0) is 54.5 Å². The summed E-state index contributed by atoms with van der Waals surface area (Å²) in [5.41, 5.74) is 0.758. The van der Waals surface area contributed by atoms with Gasteiger partial charge in [0.15, 0.2) is 0 Å². The number of halogens is 2. The van der Waals surface area contributed by atoms with Crippen molar-refractivity contribution in [1.82, 2.24) is 4.31 Å². The molecule has 0 aromatic heterocycles. The first-order valence-corrected chi connectivity index (χ1v) is 13.9. The third-order valence-electron chi connectivity index (χ3n) is 7.21. The topological polar surface area (TPSA) is 77.9 Å². The molecule has 4 rings (SSSR count). The predicted octanol–water partition coefficient (Wildman–Crippen LogP) is 5.89. The van der Waals surface area contributed by atoms with Gasteiger partial charge < -0.3 is 10.0 Å². The van der Waals surface area contributed by atoms with Crippen molar-refractivity contribution in [3.05, 3.63) is 46.7 Å². The molecule has 0 amide bonds. The van der Waals surface area contributed by atoms with Crippen LogP contribution in [0.1, 0.15) is 56.3 Å². The summed E-state index contributed by atoms with van der Waals surface area (Å²) in [6, 6.07) is 6.68. The monoisotopic (exact) mass is 522 g/mol.